The molecular weight excluding hydrogens is 242 g/mol. The molecule has 0 amide bonds. The Morgan fingerprint density at radius 1 is 0.800 bits per heavy atom. The van der Waals surface area contributed by atoms with Gasteiger partial charge in [-0.25, -0.2) is 0 Å². The van der Waals surface area contributed by atoms with Crippen molar-refractivity contribution < 1.29 is 0 Å². The van der Waals surface area contributed by atoms with Gasteiger partial charge in [-0.1, -0.05) is 73.9 Å². The molecule has 2 aromatic carbocycles. The fourth-order valence-corrected chi connectivity index (χ4v) is 3.63. The van der Waals surface area contributed by atoms with Gasteiger partial charge < -0.3 is 5.73 Å². The summed E-state index contributed by atoms with van der Waals surface area (Å²) < 4.78 is 0. The van der Waals surface area contributed by atoms with Crippen molar-refractivity contribution in [2.45, 2.75) is 37.5 Å². The summed E-state index contributed by atoms with van der Waals surface area (Å²) in [5, 5.41) is 0. The van der Waals surface area contributed by atoms with Crippen LogP contribution in [0.15, 0.2) is 54.6 Å². The predicted molar refractivity (Wildman–Crippen MR) is 85.7 cm³/mol. The number of hydrogen-bond acceptors (Lipinski definition) is 1. The summed E-state index contributed by atoms with van der Waals surface area (Å²) in [5.74, 6) is 0. The SMILES string of the molecule is NCC1(c2ccccc2-c2ccccc2)CCCCC1. The van der Waals surface area contributed by atoms with Crippen LogP contribution >= 0.6 is 0 Å². The molecule has 1 nitrogen and oxygen atoms in total. The third kappa shape index (κ3) is 2.38. The standard InChI is InChI=1S/C19H23N/c20-15-19(13-7-2-8-14-19)18-12-6-5-11-17(18)16-9-3-1-4-10-16/h1,3-6,9-12H,2,7-8,13-15,20H2. The van der Waals surface area contributed by atoms with E-state index in [1.807, 2.05) is 0 Å². The minimum atomic E-state index is 0.185. The summed E-state index contributed by atoms with van der Waals surface area (Å²) in [6.45, 7) is 0.761. The van der Waals surface area contributed by atoms with E-state index in [1.54, 1.807) is 0 Å². The summed E-state index contributed by atoms with van der Waals surface area (Å²) in [7, 11) is 0. The fourth-order valence-electron chi connectivity index (χ4n) is 3.63. The highest BCUT2D eigenvalue weighted by Gasteiger charge is 2.34. The Labute approximate surface area is 121 Å². The van der Waals surface area contributed by atoms with Gasteiger partial charge in [0, 0.05) is 12.0 Å². The Hall–Kier alpha value is -1.60. The molecule has 0 atom stereocenters. The maximum absolute atomic E-state index is 6.22. The van der Waals surface area contributed by atoms with Crippen molar-refractivity contribution in [1.29, 1.82) is 0 Å². The molecule has 3 rings (SSSR count). The number of hydrogen-bond donors (Lipinski definition) is 1. The van der Waals surface area contributed by atoms with Crippen molar-refractivity contribution in [3.8, 4) is 11.1 Å². The molecular formula is C19H23N. The molecule has 0 heterocycles. The molecule has 1 saturated carbocycles. The van der Waals surface area contributed by atoms with Crippen LogP contribution in [-0.4, -0.2) is 6.54 Å². The topological polar surface area (TPSA) is 26.0 Å². The van der Waals surface area contributed by atoms with Crippen molar-refractivity contribution >= 4 is 0 Å². The van der Waals surface area contributed by atoms with Gasteiger partial charge in [0.05, 0.1) is 0 Å². The van der Waals surface area contributed by atoms with Gasteiger partial charge in [-0.2, -0.15) is 0 Å². The van der Waals surface area contributed by atoms with Gasteiger partial charge in [-0.3, -0.25) is 0 Å². The third-order valence-electron chi connectivity index (χ3n) is 4.78. The minimum absolute atomic E-state index is 0.185. The first-order valence-corrected chi connectivity index (χ1v) is 7.71. The van der Waals surface area contributed by atoms with Gasteiger partial charge in [0.15, 0.2) is 0 Å². The number of rotatable bonds is 3. The van der Waals surface area contributed by atoms with Crippen molar-refractivity contribution in [2.75, 3.05) is 6.54 Å². The molecule has 0 saturated heterocycles. The van der Waals surface area contributed by atoms with Crippen molar-refractivity contribution in [3.63, 3.8) is 0 Å². The van der Waals surface area contributed by atoms with Gasteiger partial charge in [0.2, 0.25) is 0 Å². The molecule has 2 aromatic rings. The van der Waals surface area contributed by atoms with E-state index in [0.717, 1.165) is 6.54 Å². The Morgan fingerprint density at radius 2 is 1.45 bits per heavy atom. The van der Waals surface area contributed by atoms with Crippen molar-refractivity contribution in [1.82, 2.24) is 0 Å². The lowest BCUT2D eigenvalue weighted by molar-refractivity contribution is 0.301. The predicted octanol–water partition coefficient (Wildman–Crippen LogP) is 4.51. The highest BCUT2D eigenvalue weighted by molar-refractivity contribution is 5.69. The second kappa shape index (κ2) is 5.80. The van der Waals surface area contributed by atoms with Crippen LogP contribution in [0.5, 0.6) is 0 Å². The van der Waals surface area contributed by atoms with E-state index in [1.165, 1.54) is 48.8 Å². The first kappa shape index (κ1) is 13.4. The first-order valence-electron chi connectivity index (χ1n) is 7.71. The highest BCUT2D eigenvalue weighted by Crippen LogP contribution is 2.42. The van der Waals surface area contributed by atoms with Crippen LogP contribution in [0.25, 0.3) is 11.1 Å². The summed E-state index contributed by atoms with van der Waals surface area (Å²) in [4.78, 5) is 0. The molecule has 1 aliphatic rings. The number of benzene rings is 2. The van der Waals surface area contributed by atoms with Gasteiger partial charge in [-0.05, 0) is 29.5 Å². The second-order valence-electron chi connectivity index (χ2n) is 5.96. The largest absolute Gasteiger partial charge is 0.330 e. The monoisotopic (exact) mass is 265 g/mol. The molecule has 1 aliphatic carbocycles. The zero-order valence-corrected chi connectivity index (χ0v) is 12.0. The highest BCUT2D eigenvalue weighted by atomic mass is 14.6. The lowest BCUT2D eigenvalue weighted by atomic mass is 9.67. The zero-order chi connectivity index (χ0) is 13.8. The summed E-state index contributed by atoms with van der Waals surface area (Å²) in [6, 6.07) is 19.5. The second-order valence-corrected chi connectivity index (χ2v) is 5.96. The Bertz CT molecular complexity index is 553. The van der Waals surface area contributed by atoms with E-state index in [9.17, 15) is 0 Å². The molecule has 0 bridgehead atoms. The molecule has 0 aliphatic heterocycles. The number of nitrogens with two attached hydrogens (primary N) is 1. The summed E-state index contributed by atoms with van der Waals surface area (Å²) in [6.07, 6.45) is 6.43. The smallest absolute Gasteiger partial charge is 0.00817 e. The Balaban J connectivity index is 2.09. The molecule has 1 fully saturated rings. The minimum Gasteiger partial charge on any atom is -0.330 e. The van der Waals surface area contributed by atoms with Crippen LogP contribution in [0.4, 0.5) is 0 Å². The molecule has 0 aromatic heterocycles. The summed E-state index contributed by atoms with van der Waals surface area (Å²) in [5.41, 5.74) is 10.5. The summed E-state index contributed by atoms with van der Waals surface area (Å²) >= 11 is 0. The molecule has 0 unspecified atom stereocenters. The average molecular weight is 265 g/mol. The van der Waals surface area contributed by atoms with Gasteiger partial charge >= 0.3 is 0 Å². The van der Waals surface area contributed by atoms with Crippen LogP contribution in [0.1, 0.15) is 37.7 Å². The van der Waals surface area contributed by atoms with E-state index < -0.39 is 0 Å². The van der Waals surface area contributed by atoms with E-state index in [4.69, 9.17) is 5.73 Å². The van der Waals surface area contributed by atoms with Crippen LogP contribution in [0.2, 0.25) is 0 Å². The lowest BCUT2D eigenvalue weighted by Crippen LogP contribution is -2.37. The van der Waals surface area contributed by atoms with Crippen molar-refractivity contribution in [3.05, 3.63) is 60.2 Å². The van der Waals surface area contributed by atoms with Crippen LogP contribution in [0, 0.1) is 0 Å². The Kier molecular flexibility index (Phi) is 3.88. The van der Waals surface area contributed by atoms with E-state index in [2.05, 4.69) is 54.6 Å². The maximum atomic E-state index is 6.22. The average Bonchev–Trinajstić information content (AvgIpc) is 2.56. The van der Waals surface area contributed by atoms with E-state index >= 15 is 0 Å². The van der Waals surface area contributed by atoms with Crippen LogP contribution in [0.3, 0.4) is 0 Å². The van der Waals surface area contributed by atoms with Crippen molar-refractivity contribution in [2.24, 2.45) is 5.73 Å². The first-order chi connectivity index (χ1) is 9.86. The molecule has 0 spiro atoms. The quantitative estimate of drug-likeness (QED) is 0.868. The normalized spacial score (nSPS) is 17.9. The maximum Gasteiger partial charge on any atom is 0.00817 e. The van der Waals surface area contributed by atoms with Gasteiger partial charge in [0.25, 0.3) is 0 Å². The van der Waals surface area contributed by atoms with E-state index in [0.29, 0.717) is 0 Å². The molecule has 2 N–H and O–H groups in total. The lowest BCUT2D eigenvalue weighted by Gasteiger charge is -2.38. The van der Waals surface area contributed by atoms with Crippen LogP contribution < -0.4 is 5.73 Å². The fraction of sp³-hybridized carbons (Fsp3) is 0.368. The Morgan fingerprint density at radius 3 is 2.15 bits per heavy atom. The zero-order valence-electron chi connectivity index (χ0n) is 12.0. The molecule has 0 radical (unpaired) electrons. The van der Waals surface area contributed by atoms with Gasteiger partial charge in [-0.15, -0.1) is 0 Å². The molecule has 1 heteroatoms. The van der Waals surface area contributed by atoms with E-state index in [-0.39, 0.29) is 5.41 Å². The van der Waals surface area contributed by atoms with Gasteiger partial charge in [0.1, 0.15) is 0 Å². The van der Waals surface area contributed by atoms with Crippen LogP contribution in [-0.2, 0) is 5.41 Å². The third-order valence-corrected chi connectivity index (χ3v) is 4.78. The molecule has 104 valence electrons. The molecule has 20 heavy (non-hydrogen) atoms.